The molecule has 0 radical (unpaired) electrons. The van der Waals surface area contributed by atoms with E-state index in [2.05, 4.69) is 4.90 Å². The fourth-order valence-corrected chi connectivity index (χ4v) is 4.08. The van der Waals surface area contributed by atoms with E-state index in [0.717, 1.165) is 23.6 Å². The molecule has 2 aliphatic rings. The second-order valence-electron chi connectivity index (χ2n) is 6.46. The number of carbonyl (C=O) groups excluding carboxylic acids is 1. The second kappa shape index (κ2) is 6.09. The van der Waals surface area contributed by atoms with E-state index in [4.69, 9.17) is 0 Å². The Morgan fingerprint density at radius 3 is 2.75 bits per heavy atom. The smallest absolute Gasteiger partial charge is 0.177 e. The van der Waals surface area contributed by atoms with Crippen LogP contribution in [0.2, 0.25) is 0 Å². The number of aryl methyl sites for hydroxylation is 1. The average molecular weight is 271 g/mol. The average Bonchev–Trinajstić information content (AvgIpc) is 2.48. The molecule has 0 aromatic heterocycles. The molecular formula is C18H25NO. The van der Waals surface area contributed by atoms with Crippen LogP contribution >= 0.6 is 0 Å². The molecule has 108 valence electrons. The van der Waals surface area contributed by atoms with Crippen LogP contribution in [0.1, 0.15) is 54.4 Å². The van der Waals surface area contributed by atoms with Crippen molar-refractivity contribution in [1.29, 1.82) is 0 Å². The number of ketones is 1. The maximum atomic E-state index is 12.6. The monoisotopic (exact) mass is 271 g/mol. The lowest BCUT2D eigenvalue weighted by Gasteiger charge is -2.43. The normalized spacial score (nSPS) is 27.1. The maximum absolute atomic E-state index is 12.6. The van der Waals surface area contributed by atoms with Crippen LogP contribution in [-0.4, -0.2) is 29.8 Å². The van der Waals surface area contributed by atoms with Gasteiger partial charge >= 0.3 is 0 Å². The third-order valence-corrected chi connectivity index (χ3v) is 5.15. The lowest BCUT2D eigenvalue weighted by Crippen LogP contribution is -2.48. The standard InChI is InChI=1S/C18H25NO/c1-14-7-2-4-10-16(14)18(20)13-19-12-6-9-15-8-3-5-11-17(15)19/h2,4,7,10,15,17H,3,5-6,8-9,11-13H2,1H3. The summed E-state index contributed by atoms with van der Waals surface area (Å²) in [5, 5.41) is 0. The Morgan fingerprint density at radius 2 is 1.90 bits per heavy atom. The minimum atomic E-state index is 0.300. The fourth-order valence-electron chi connectivity index (χ4n) is 4.08. The summed E-state index contributed by atoms with van der Waals surface area (Å²) >= 11 is 0. The molecular weight excluding hydrogens is 246 g/mol. The summed E-state index contributed by atoms with van der Waals surface area (Å²) in [6.07, 6.45) is 8.05. The highest BCUT2D eigenvalue weighted by atomic mass is 16.1. The second-order valence-corrected chi connectivity index (χ2v) is 6.46. The number of benzene rings is 1. The Labute approximate surface area is 122 Å². The third-order valence-electron chi connectivity index (χ3n) is 5.15. The summed E-state index contributed by atoms with van der Waals surface area (Å²) in [6, 6.07) is 8.65. The van der Waals surface area contributed by atoms with Gasteiger partial charge in [0.25, 0.3) is 0 Å². The summed E-state index contributed by atoms with van der Waals surface area (Å²) in [6.45, 7) is 3.76. The predicted octanol–water partition coefficient (Wildman–Crippen LogP) is 3.83. The van der Waals surface area contributed by atoms with Crippen molar-refractivity contribution in [2.24, 2.45) is 5.92 Å². The van der Waals surface area contributed by atoms with Crippen LogP contribution in [0.25, 0.3) is 0 Å². The van der Waals surface area contributed by atoms with Gasteiger partial charge in [0.15, 0.2) is 5.78 Å². The number of Topliss-reactive ketones (excluding diaryl/α,β-unsaturated/α-hetero) is 1. The molecule has 1 saturated carbocycles. The molecule has 0 N–H and O–H groups in total. The highest BCUT2D eigenvalue weighted by Crippen LogP contribution is 2.35. The molecule has 20 heavy (non-hydrogen) atoms. The van der Waals surface area contributed by atoms with Crippen LogP contribution in [0.15, 0.2) is 24.3 Å². The van der Waals surface area contributed by atoms with Crippen LogP contribution in [0.5, 0.6) is 0 Å². The molecule has 1 aliphatic heterocycles. The molecule has 1 aliphatic carbocycles. The van der Waals surface area contributed by atoms with E-state index in [1.807, 2.05) is 31.2 Å². The number of likely N-dealkylation sites (tertiary alicyclic amines) is 1. The van der Waals surface area contributed by atoms with Gasteiger partial charge in [-0.25, -0.2) is 0 Å². The van der Waals surface area contributed by atoms with Gasteiger partial charge in [-0.2, -0.15) is 0 Å². The Kier molecular flexibility index (Phi) is 4.21. The zero-order chi connectivity index (χ0) is 13.9. The van der Waals surface area contributed by atoms with Crippen molar-refractivity contribution in [1.82, 2.24) is 4.90 Å². The molecule has 3 rings (SSSR count). The Bertz CT molecular complexity index is 480. The van der Waals surface area contributed by atoms with Crippen molar-refractivity contribution in [3.63, 3.8) is 0 Å². The van der Waals surface area contributed by atoms with E-state index in [0.29, 0.717) is 18.4 Å². The molecule has 0 amide bonds. The van der Waals surface area contributed by atoms with Crippen LogP contribution < -0.4 is 0 Å². The van der Waals surface area contributed by atoms with E-state index in [1.54, 1.807) is 0 Å². The van der Waals surface area contributed by atoms with Crippen molar-refractivity contribution in [2.75, 3.05) is 13.1 Å². The summed E-state index contributed by atoms with van der Waals surface area (Å²) in [5.41, 5.74) is 2.01. The number of hydrogen-bond acceptors (Lipinski definition) is 2. The molecule has 2 unspecified atom stereocenters. The zero-order valence-electron chi connectivity index (χ0n) is 12.5. The van der Waals surface area contributed by atoms with Gasteiger partial charge in [-0.15, -0.1) is 0 Å². The first kappa shape index (κ1) is 13.8. The van der Waals surface area contributed by atoms with Crippen LogP contribution in [0.3, 0.4) is 0 Å². The molecule has 0 bridgehead atoms. The van der Waals surface area contributed by atoms with Crippen molar-refractivity contribution in [3.8, 4) is 0 Å². The van der Waals surface area contributed by atoms with Crippen LogP contribution in [0.4, 0.5) is 0 Å². The number of nitrogens with zero attached hydrogens (tertiary/aromatic N) is 1. The lowest BCUT2D eigenvalue weighted by atomic mass is 9.78. The third kappa shape index (κ3) is 2.80. The molecule has 2 fully saturated rings. The van der Waals surface area contributed by atoms with Crippen molar-refractivity contribution in [2.45, 2.75) is 51.5 Å². The highest BCUT2D eigenvalue weighted by molar-refractivity contribution is 5.98. The van der Waals surface area contributed by atoms with Gasteiger partial charge in [0, 0.05) is 11.6 Å². The van der Waals surface area contributed by atoms with E-state index >= 15 is 0 Å². The lowest BCUT2D eigenvalue weighted by molar-refractivity contribution is 0.0539. The maximum Gasteiger partial charge on any atom is 0.177 e. The summed E-state index contributed by atoms with van der Waals surface area (Å²) in [7, 11) is 0. The van der Waals surface area contributed by atoms with Gasteiger partial charge in [0.2, 0.25) is 0 Å². The highest BCUT2D eigenvalue weighted by Gasteiger charge is 2.33. The Hall–Kier alpha value is -1.15. The molecule has 1 saturated heterocycles. The van der Waals surface area contributed by atoms with Crippen LogP contribution in [0, 0.1) is 12.8 Å². The first-order valence-corrected chi connectivity index (χ1v) is 8.08. The number of piperidine rings is 1. The van der Waals surface area contributed by atoms with Gasteiger partial charge in [-0.1, -0.05) is 37.1 Å². The van der Waals surface area contributed by atoms with Gasteiger partial charge < -0.3 is 0 Å². The van der Waals surface area contributed by atoms with Crippen molar-refractivity contribution < 1.29 is 4.79 Å². The van der Waals surface area contributed by atoms with Crippen LogP contribution in [-0.2, 0) is 0 Å². The van der Waals surface area contributed by atoms with Crippen molar-refractivity contribution in [3.05, 3.63) is 35.4 Å². The minimum absolute atomic E-state index is 0.300. The summed E-state index contributed by atoms with van der Waals surface area (Å²) in [4.78, 5) is 15.0. The Balaban J connectivity index is 1.70. The number of carbonyl (C=O) groups is 1. The molecule has 1 aromatic rings. The quantitative estimate of drug-likeness (QED) is 0.779. The van der Waals surface area contributed by atoms with E-state index in [9.17, 15) is 4.79 Å². The molecule has 2 heteroatoms. The predicted molar refractivity (Wildman–Crippen MR) is 82.1 cm³/mol. The molecule has 1 heterocycles. The van der Waals surface area contributed by atoms with E-state index in [1.165, 1.54) is 38.5 Å². The molecule has 2 atom stereocenters. The SMILES string of the molecule is Cc1ccccc1C(=O)CN1CCCC2CCCCC21. The van der Waals surface area contributed by atoms with Gasteiger partial charge in [0.1, 0.15) is 0 Å². The number of fused-ring (bicyclic) bond motifs is 1. The largest absolute Gasteiger partial charge is 0.293 e. The number of rotatable bonds is 3. The first-order chi connectivity index (χ1) is 9.75. The molecule has 0 spiro atoms. The van der Waals surface area contributed by atoms with Crippen molar-refractivity contribution >= 4 is 5.78 Å². The van der Waals surface area contributed by atoms with Gasteiger partial charge in [-0.3, -0.25) is 9.69 Å². The molecule has 2 nitrogen and oxygen atoms in total. The first-order valence-electron chi connectivity index (χ1n) is 8.08. The van der Waals surface area contributed by atoms with Gasteiger partial charge in [-0.05, 0) is 50.6 Å². The fraction of sp³-hybridized carbons (Fsp3) is 0.611. The van der Waals surface area contributed by atoms with Gasteiger partial charge in [0.05, 0.1) is 6.54 Å². The topological polar surface area (TPSA) is 20.3 Å². The van der Waals surface area contributed by atoms with E-state index in [-0.39, 0.29) is 0 Å². The zero-order valence-corrected chi connectivity index (χ0v) is 12.5. The minimum Gasteiger partial charge on any atom is -0.293 e. The summed E-state index contributed by atoms with van der Waals surface area (Å²) in [5.74, 6) is 1.15. The molecule has 1 aromatic carbocycles. The van der Waals surface area contributed by atoms with E-state index < -0.39 is 0 Å². The number of hydrogen-bond donors (Lipinski definition) is 0. The summed E-state index contributed by atoms with van der Waals surface area (Å²) < 4.78 is 0. The Morgan fingerprint density at radius 1 is 1.15 bits per heavy atom.